The molecule has 0 radical (unpaired) electrons. The minimum Gasteiger partial charge on any atom is -0.492 e. The van der Waals surface area contributed by atoms with Crippen molar-refractivity contribution < 1.29 is 4.74 Å². The number of hydrogen-bond acceptors (Lipinski definition) is 6. The molecule has 4 heterocycles. The maximum absolute atomic E-state index is 6.10. The van der Waals surface area contributed by atoms with Crippen LogP contribution in [0.15, 0.2) is 84.0 Å². The largest absolute Gasteiger partial charge is 0.492 e. The Hall–Kier alpha value is -3.33. The fraction of sp³-hybridized carbons (Fsp3) is 0.300. The molecule has 3 aromatic heterocycles. The number of ether oxygens (including phenoxy) is 1. The third-order valence-electron chi connectivity index (χ3n) is 6.88. The number of rotatable bonds is 11. The van der Waals surface area contributed by atoms with Gasteiger partial charge in [-0.15, -0.1) is 11.8 Å². The van der Waals surface area contributed by atoms with Gasteiger partial charge in [0.2, 0.25) is 0 Å². The first-order chi connectivity index (χ1) is 19.2. The van der Waals surface area contributed by atoms with E-state index in [-0.39, 0.29) is 0 Å². The number of pyridine rings is 1. The Bertz CT molecular complexity index is 1530. The molecule has 0 amide bonds. The molecule has 0 bridgehead atoms. The average Bonchev–Trinajstić information content (AvgIpc) is 3.71. The normalized spacial score (nSPS) is 13.9. The van der Waals surface area contributed by atoms with Gasteiger partial charge in [-0.2, -0.15) is 10.2 Å². The third-order valence-corrected chi connectivity index (χ3v) is 8.09. The second-order valence-corrected chi connectivity index (χ2v) is 11.3. The summed E-state index contributed by atoms with van der Waals surface area (Å²) >= 11 is 7.87. The molecule has 2 aromatic carbocycles. The van der Waals surface area contributed by atoms with E-state index in [4.69, 9.17) is 26.4 Å². The minimum absolute atomic E-state index is 0.662. The lowest BCUT2D eigenvalue weighted by atomic mass is 10.1. The van der Waals surface area contributed by atoms with E-state index >= 15 is 0 Å². The molecule has 9 heteroatoms. The lowest BCUT2D eigenvalue weighted by molar-refractivity contribution is 0.238. The molecule has 0 spiro atoms. The monoisotopic (exact) mass is 558 g/mol. The molecule has 39 heavy (non-hydrogen) atoms. The van der Waals surface area contributed by atoms with Crippen molar-refractivity contribution >= 4 is 29.0 Å². The van der Waals surface area contributed by atoms with Gasteiger partial charge in [-0.1, -0.05) is 35.9 Å². The summed E-state index contributed by atoms with van der Waals surface area (Å²) in [7, 11) is 0. The Kier molecular flexibility index (Phi) is 8.13. The highest BCUT2D eigenvalue weighted by molar-refractivity contribution is 7.99. The van der Waals surface area contributed by atoms with E-state index in [9.17, 15) is 0 Å². The van der Waals surface area contributed by atoms with Gasteiger partial charge in [0.25, 0.3) is 0 Å². The summed E-state index contributed by atoms with van der Waals surface area (Å²) in [5.74, 6) is 2.60. The molecule has 0 unspecified atom stereocenters. The Morgan fingerprint density at radius 2 is 1.79 bits per heavy atom. The van der Waals surface area contributed by atoms with Gasteiger partial charge in [0, 0.05) is 40.4 Å². The van der Waals surface area contributed by atoms with Crippen LogP contribution in [0.25, 0.3) is 16.9 Å². The van der Waals surface area contributed by atoms with Gasteiger partial charge in [-0.25, -0.2) is 9.50 Å². The summed E-state index contributed by atoms with van der Waals surface area (Å²) < 4.78 is 9.83. The zero-order valence-corrected chi connectivity index (χ0v) is 23.3. The van der Waals surface area contributed by atoms with Gasteiger partial charge < -0.3 is 4.74 Å². The van der Waals surface area contributed by atoms with E-state index in [2.05, 4.69) is 40.5 Å². The molecule has 1 aliphatic heterocycles. The van der Waals surface area contributed by atoms with Crippen LogP contribution in [-0.4, -0.2) is 61.3 Å². The highest BCUT2D eigenvalue weighted by Crippen LogP contribution is 2.23. The van der Waals surface area contributed by atoms with Crippen molar-refractivity contribution in [3.8, 4) is 17.0 Å². The number of nitrogens with zero attached hydrogens (tertiary/aromatic N) is 6. The van der Waals surface area contributed by atoms with Crippen molar-refractivity contribution in [2.75, 3.05) is 32.0 Å². The van der Waals surface area contributed by atoms with E-state index in [1.807, 2.05) is 57.9 Å². The molecule has 200 valence electrons. The van der Waals surface area contributed by atoms with E-state index in [1.54, 1.807) is 11.8 Å². The maximum atomic E-state index is 6.10. The molecule has 7 nitrogen and oxygen atoms in total. The minimum atomic E-state index is 0.662. The van der Waals surface area contributed by atoms with Gasteiger partial charge in [0.15, 0.2) is 11.5 Å². The van der Waals surface area contributed by atoms with E-state index in [0.717, 1.165) is 69.4 Å². The molecular weight excluding hydrogens is 528 g/mol. The first kappa shape index (κ1) is 25.9. The van der Waals surface area contributed by atoms with Gasteiger partial charge in [0.05, 0.1) is 18.4 Å². The molecule has 0 atom stereocenters. The average molecular weight is 559 g/mol. The first-order valence-corrected chi connectivity index (χ1v) is 14.8. The number of aryl methyl sites for hydroxylation is 1. The Balaban J connectivity index is 1.07. The fourth-order valence-corrected chi connectivity index (χ4v) is 6.01. The zero-order chi connectivity index (χ0) is 26.4. The van der Waals surface area contributed by atoms with Crippen LogP contribution in [0.2, 0.25) is 5.02 Å². The van der Waals surface area contributed by atoms with Crippen LogP contribution >= 0.6 is 23.4 Å². The van der Waals surface area contributed by atoms with Gasteiger partial charge >= 0.3 is 0 Å². The van der Waals surface area contributed by atoms with E-state index in [1.165, 1.54) is 25.9 Å². The van der Waals surface area contributed by atoms with Crippen molar-refractivity contribution in [2.24, 2.45) is 0 Å². The first-order valence-electron chi connectivity index (χ1n) is 13.4. The highest BCUT2D eigenvalue weighted by atomic mass is 35.5. The molecule has 0 saturated carbocycles. The van der Waals surface area contributed by atoms with Crippen molar-refractivity contribution in [1.82, 2.24) is 29.3 Å². The van der Waals surface area contributed by atoms with Gasteiger partial charge in [0.1, 0.15) is 12.4 Å². The van der Waals surface area contributed by atoms with Crippen LogP contribution in [0.4, 0.5) is 0 Å². The van der Waals surface area contributed by atoms with Gasteiger partial charge in [-0.05, 0) is 74.0 Å². The Morgan fingerprint density at radius 3 is 2.64 bits per heavy atom. The van der Waals surface area contributed by atoms with Crippen LogP contribution in [0.1, 0.15) is 24.2 Å². The third kappa shape index (κ3) is 6.64. The second-order valence-electron chi connectivity index (χ2n) is 9.72. The summed E-state index contributed by atoms with van der Waals surface area (Å²) in [6.07, 6.45) is 7.23. The topological polar surface area (TPSA) is 60.5 Å². The summed E-state index contributed by atoms with van der Waals surface area (Å²) in [6.45, 7) is 4.92. The summed E-state index contributed by atoms with van der Waals surface area (Å²) in [5, 5.41) is 10.2. The molecule has 1 saturated heterocycles. The Morgan fingerprint density at radius 1 is 0.949 bits per heavy atom. The summed E-state index contributed by atoms with van der Waals surface area (Å²) in [5.41, 5.74) is 3.97. The standard InChI is InChI=1S/C30H31ClN6OS/c31-25-5-3-6-27(20-25)39-18-16-36-22-24(21-32-36)28-7-4-8-30-33-29(34-37(28)30)19-23-9-11-26(12-10-23)38-17-15-35-13-1-2-14-35/h3-12,20-22H,1-2,13-19H2. The maximum Gasteiger partial charge on any atom is 0.156 e. The highest BCUT2D eigenvalue weighted by Gasteiger charge is 2.13. The van der Waals surface area contributed by atoms with Crippen LogP contribution in [0, 0.1) is 0 Å². The summed E-state index contributed by atoms with van der Waals surface area (Å²) in [4.78, 5) is 8.41. The lowest BCUT2D eigenvalue weighted by Gasteiger charge is -2.14. The molecule has 0 N–H and O–H groups in total. The van der Waals surface area contributed by atoms with Crippen molar-refractivity contribution in [3.05, 3.63) is 95.5 Å². The predicted molar refractivity (Wildman–Crippen MR) is 157 cm³/mol. The van der Waals surface area contributed by atoms with Crippen LogP contribution in [0.3, 0.4) is 0 Å². The number of benzene rings is 2. The quantitative estimate of drug-likeness (QED) is 0.182. The number of hydrogen-bond donors (Lipinski definition) is 0. The van der Waals surface area contributed by atoms with Crippen molar-refractivity contribution in [2.45, 2.75) is 30.7 Å². The van der Waals surface area contributed by atoms with Crippen LogP contribution < -0.4 is 4.74 Å². The Labute approximate surface area is 237 Å². The smallest absolute Gasteiger partial charge is 0.156 e. The van der Waals surface area contributed by atoms with Crippen LogP contribution in [-0.2, 0) is 13.0 Å². The molecule has 1 fully saturated rings. The number of halogens is 1. The van der Waals surface area contributed by atoms with Crippen LogP contribution in [0.5, 0.6) is 5.75 Å². The zero-order valence-electron chi connectivity index (χ0n) is 21.7. The molecule has 1 aliphatic rings. The molecular formula is C30H31ClN6OS. The molecule has 0 aliphatic carbocycles. The number of likely N-dealkylation sites (tertiary alicyclic amines) is 1. The SMILES string of the molecule is Clc1cccc(SCCn2cc(-c3cccc4nc(Cc5ccc(OCCN6CCCC6)cc5)nn34)cn2)c1. The van der Waals surface area contributed by atoms with Gasteiger partial charge in [-0.3, -0.25) is 9.58 Å². The number of fused-ring (bicyclic) bond motifs is 1. The van der Waals surface area contributed by atoms with E-state index in [0.29, 0.717) is 6.42 Å². The molecule has 5 aromatic rings. The van der Waals surface area contributed by atoms with E-state index < -0.39 is 0 Å². The fourth-order valence-electron chi connectivity index (χ4n) is 4.86. The number of thioether (sulfide) groups is 1. The second kappa shape index (κ2) is 12.2. The van der Waals surface area contributed by atoms with Crippen molar-refractivity contribution in [3.63, 3.8) is 0 Å². The lowest BCUT2D eigenvalue weighted by Crippen LogP contribution is -2.25. The van der Waals surface area contributed by atoms with Crippen molar-refractivity contribution in [1.29, 1.82) is 0 Å². The summed E-state index contributed by atoms with van der Waals surface area (Å²) in [6, 6.07) is 22.3. The predicted octanol–water partition coefficient (Wildman–Crippen LogP) is 6.10. The molecule has 6 rings (SSSR count). The number of aromatic nitrogens is 5.